The number of nitrogens with one attached hydrogen (secondary N) is 2. The zero-order valence-electron chi connectivity index (χ0n) is 27.6. The standard InChI is InChI=1S/C37H72N2O/c1-4-6-8-10-12-14-16-18-20-22-24-26-28-30-32-34-37(40)39-36(35-38-3)33-31-29-27-25-23-21-19-17-15-13-11-9-7-5-2/h18,20,29,31,36,38H,4-17,19,21-28,30,32-35H2,1-3H3,(H,39,40)/b20-18-,31-29+. The third-order valence-electron chi connectivity index (χ3n) is 8.04. The Morgan fingerprint density at radius 3 is 1.32 bits per heavy atom. The van der Waals surface area contributed by atoms with Crippen LogP contribution in [-0.2, 0) is 4.79 Å². The maximum atomic E-state index is 12.4. The van der Waals surface area contributed by atoms with E-state index < -0.39 is 0 Å². The normalized spacial score (nSPS) is 12.6. The molecule has 40 heavy (non-hydrogen) atoms. The summed E-state index contributed by atoms with van der Waals surface area (Å²) < 4.78 is 0. The fourth-order valence-corrected chi connectivity index (χ4v) is 5.40. The van der Waals surface area contributed by atoms with Crippen LogP contribution in [0.1, 0.15) is 187 Å². The highest BCUT2D eigenvalue weighted by Crippen LogP contribution is 2.13. The van der Waals surface area contributed by atoms with Crippen molar-refractivity contribution in [2.75, 3.05) is 13.6 Å². The third kappa shape index (κ3) is 31.4. The average molecular weight is 561 g/mol. The first-order valence-electron chi connectivity index (χ1n) is 18.0. The Morgan fingerprint density at radius 2 is 0.900 bits per heavy atom. The molecule has 0 aliphatic carbocycles. The molecular formula is C37H72N2O. The molecule has 3 nitrogen and oxygen atoms in total. The monoisotopic (exact) mass is 561 g/mol. The minimum Gasteiger partial charge on any atom is -0.352 e. The van der Waals surface area contributed by atoms with Gasteiger partial charge in [-0.25, -0.2) is 0 Å². The molecule has 0 saturated carbocycles. The van der Waals surface area contributed by atoms with Crippen molar-refractivity contribution in [2.45, 2.75) is 193 Å². The van der Waals surface area contributed by atoms with Crippen LogP contribution < -0.4 is 10.6 Å². The Balaban J connectivity index is 3.62. The van der Waals surface area contributed by atoms with E-state index in [1.165, 1.54) is 154 Å². The van der Waals surface area contributed by atoms with Crippen LogP contribution >= 0.6 is 0 Å². The zero-order valence-corrected chi connectivity index (χ0v) is 27.6. The first kappa shape index (κ1) is 38.9. The van der Waals surface area contributed by atoms with Crippen molar-refractivity contribution in [1.29, 1.82) is 0 Å². The lowest BCUT2D eigenvalue weighted by molar-refractivity contribution is -0.121. The number of carbonyl (C=O) groups is 1. The van der Waals surface area contributed by atoms with Gasteiger partial charge in [0, 0.05) is 19.0 Å². The predicted octanol–water partition coefficient (Wildman–Crippen LogP) is 11.4. The van der Waals surface area contributed by atoms with Crippen LogP contribution in [0.2, 0.25) is 0 Å². The van der Waals surface area contributed by atoms with E-state index in [9.17, 15) is 4.79 Å². The maximum absolute atomic E-state index is 12.4. The third-order valence-corrected chi connectivity index (χ3v) is 8.04. The summed E-state index contributed by atoms with van der Waals surface area (Å²) >= 11 is 0. The van der Waals surface area contributed by atoms with E-state index in [-0.39, 0.29) is 11.9 Å². The number of unbranched alkanes of at least 4 members (excludes halogenated alkanes) is 22. The molecule has 1 unspecified atom stereocenters. The van der Waals surface area contributed by atoms with Gasteiger partial charge in [0.05, 0.1) is 0 Å². The van der Waals surface area contributed by atoms with E-state index in [4.69, 9.17) is 0 Å². The lowest BCUT2D eigenvalue weighted by atomic mass is 10.0. The molecule has 0 fully saturated rings. The highest BCUT2D eigenvalue weighted by atomic mass is 16.1. The van der Waals surface area contributed by atoms with Crippen LogP contribution in [0.4, 0.5) is 0 Å². The molecule has 0 aliphatic rings. The SMILES string of the molecule is CCCCCCCC/C=C\CCCCCCCC(=O)NC(C/C=C/CCCCCCCCCCCCC)CNC. The van der Waals surface area contributed by atoms with Crippen LogP contribution in [0.3, 0.4) is 0 Å². The van der Waals surface area contributed by atoms with Crippen LogP contribution in [0.5, 0.6) is 0 Å². The second kappa shape index (κ2) is 34.1. The lowest BCUT2D eigenvalue weighted by Crippen LogP contribution is -2.40. The van der Waals surface area contributed by atoms with Crippen molar-refractivity contribution in [3.05, 3.63) is 24.3 Å². The smallest absolute Gasteiger partial charge is 0.220 e. The van der Waals surface area contributed by atoms with Crippen molar-refractivity contribution in [1.82, 2.24) is 10.6 Å². The van der Waals surface area contributed by atoms with Crippen molar-refractivity contribution in [2.24, 2.45) is 0 Å². The minimum absolute atomic E-state index is 0.203. The van der Waals surface area contributed by atoms with Crippen molar-refractivity contribution >= 4 is 5.91 Å². The Morgan fingerprint density at radius 1 is 0.525 bits per heavy atom. The number of likely N-dealkylation sites (N-methyl/N-ethyl adjacent to an activating group) is 1. The molecule has 0 aromatic heterocycles. The summed E-state index contributed by atoms with van der Waals surface area (Å²) in [5.41, 5.74) is 0. The first-order valence-corrected chi connectivity index (χ1v) is 18.0. The second-order valence-electron chi connectivity index (χ2n) is 12.2. The number of rotatable bonds is 32. The molecule has 0 aromatic carbocycles. The van der Waals surface area contributed by atoms with Crippen LogP contribution in [0.25, 0.3) is 0 Å². The van der Waals surface area contributed by atoms with Gasteiger partial charge in [0.2, 0.25) is 5.91 Å². The molecule has 0 rings (SSSR count). The van der Waals surface area contributed by atoms with Crippen molar-refractivity contribution < 1.29 is 4.79 Å². The largest absolute Gasteiger partial charge is 0.352 e. The van der Waals surface area contributed by atoms with Gasteiger partial charge in [-0.3, -0.25) is 4.79 Å². The summed E-state index contributed by atoms with van der Waals surface area (Å²) in [6.45, 7) is 5.40. The fourth-order valence-electron chi connectivity index (χ4n) is 5.40. The average Bonchev–Trinajstić information content (AvgIpc) is 2.95. The van der Waals surface area contributed by atoms with E-state index in [2.05, 4.69) is 48.8 Å². The minimum atomic E-state index is 0.203. The number of amides is 1. The summed E-state index contributed by atoms with van der Waals surface area (Å²) in [5.74, 6) is 0.219. The number of hydrogen-bond donors (Lipinski definition) is 2. The molecule has 0 heterocycles. The van der Waals surface area contributed by atoms with Gasteiger partial charge in [0.25, 0.3) is 0 Å². The van der Waals surface area contributed by atoms with Crippen LogP contribution in [0, 0.1) is 0 Å². The van der Waals surface area contributed by atoms with E-state index in [0.717, 1.165) is 19.4 Å². The Hall–Kier alpha value is -1.09. The Bertz CT molecular complexity index is 556. The van der Waals surface area contributed by atoms with E-state index in [1.807, 2.05) is 7.05 Å². The highest BCUT2D eigenvalue weighted by molar-refractivity contribution is 5.76. The number of allylic oxidation sites excluding steroid dienone is 3. The molecule has 2 N–H and O–H groups in total. The quantitative estimate of drug-likeness (QED) is 0.0634. The molecule has 0 aromatic rings. The van der Waals surface area contributed by atoms with Crippen LogP contribution in [0.15, 0.2) is 24.3 Å². The highest BCUT2D eigenvalue weighted by Gasteiger charge is 2.09. The molecule has 0 bridgehead atoms. The summed E-state index contributed by atoms with van der Waals surface area (Å²) in [6.07, 6.45) is 44.3. The molecule has 236 valence electrons. The summed E-state index contributed by atoms with van der Waals surface area (Å²) in [7, 11) is 1.97. The van der Waals surface area contributed by atoms with Gasteiger partial charge >= 0.3 is 0 Å². The Labute approximate surface area is 252 Å². The summed E-state index contributed by atoms with van der Waals surface area (Å²) in [6, 6.07) is 0.203. The Kier molecular flexibility index (Phi) is 33.2. The molecule has 0 spiro atoms. The van der Waals surface area contributed by atoms with Gasteiger partial charge in [0.15, 0.2) is 0 Å². The molecule has 0 radical (unpaired) electrons. The molecule has 1 amide bonds. The number of hydrogen-bond acceptors (Lipinski definition) is 2. The lowest BCUT2D eigenvalue weighted by Gasteiger charge is -2.17. The van der Waals surface area contributed by atoms with Gasteiger partial charge < -0.3 is 10.6 Å². The van der Waals surface area contributed by atoms with Gasteiger partial charge in [-0.15, -0.1) is 0 Å². The van der Waals surface area contributed by atoms with Crippen molar-refractivity contribution in [3.63, 3.8) is 0 Å². The second-order valence-corrected chi connectivity index (χ2v) is 12.2. The van der Waals surface area contributed by atoms with Crippen LogP contribution in [-0.4, -0.2) is 25.5 Å². The summed E-state index contributed by atoms with van der Waals surface area (Å²) in [4.78, 5) is 12.4. The van der Waals surface area contributed by atoms with Gasteiger partial charge in [-0.2, -0.15) is 0 Å². The first-order chi connectivity index (χ1) is 19.7. The maximum Gasteiger partial charge on any atom is 0.220 e. The summed E-state index contributed by atoms with van der Waals surface area (Å²) in [5, 5.41) is 6.49. The molecule has 3 heteroatoms. The fraction of sp³-hybridized carbons (Fsp3) is 0.865. The van der Waals surface area contributed by atoms with E-state index >= 15 is 0 Å². The molecule has 0 saturated heterocycles. The zero-order chi connectivity index (χ0) is 29.2. The number of carbonyl (C=O) groups excluding carboxylic acids is 1. The van der Waals surface area contributed by atoms with Gasteiger partial charge in [0.1, 0.15) is 0 Å². The van der Waals surface area contributed by atoms with Crippen molar-refractivity contribution in [3.8, 4) is 0 Å². The predicted molar refractivity (Wildman–Crippen MR) is 180 cm³/mol. The topological polar surface area (TPSA) is 41.1 Å². The molecule has 0 aliphatic heterocycles. The molecule has 1 atom stereocenters. The van der Waals surface area contributed by atoms with Gasteiger partial charge in [-0.1, -0.05) is 154 Å². The molecular weight excluding hydrogens is 488 g/mol. The van der Waals surface area contributed by atoms with E-state index in [0.29, 0.717) is 6.42 Å². The van der Waals surface area contributed by atoms with Gasteiger partial charge in [-0.05, 0) is 58.4 Å². The van der Waals surface area contributed by atoms with E-state index in [1.54, 1.807) is 0 Å².